The first-order valence-corrected chi connectivity index (χ1v) is 9.59. The number of hydrogen-bond donors (Lipinski definition) is 1. The number of thioether (sulfide) groups is 1. The number of aromatic nitrogens is 2. The van der Waals surface area contributed by atoms with Crippen molar-refractivity contribution in [3.8, 4) is 0 Å². The fraction of sp³-hybridized carbons (Fsp3) is 0.562. The summed E-state index contributed by atoms with van der Waals surface area (Å²) < 4.78 is 1.67. The molecule has 7 heteroatoms. The number of fused-ring (bicyclic) bond motifs is 1. The third kappa shape index (κ3) is 3.17. The van der Waals surface area contributed by atoms with Crippen LogP contribution in [0.15, 0.2) is 9.95 Å². The molecule has 1 aliphatic carbocycles. The molecule has 0 saturated heterocycles. The zero-order chi connectivity index (χ0) is 16.7. The molecule has 1 N–H and O–H groups in total. The molecule has 1 atom stereocenters. The predicted molar refractivity (Wildman–Crippen MR) is 95.5 cm³/mol. The molecule has 1 amide bonds. The Morgan fingerprint density at radius 2 is 2.17 bits per heavy atom. The van der Waals surface area contributed by atoms with Gasteiger partial charge in [0.1, 0.15) is 4.83 Å². The van der Waals surface area contributed by atoms with Crippen LogP contribution in [-0.4, -0.2) is 26.8 Å². The minimum Gasteiger partial charge on any atom is -0.352 e. The molecule has 0 radical (unpaired) electrons. The topological polar surface area (TPSA) is 64.0 Å². The van der Waals surface area contributed by atoms with Gasteiger partial charge in [0, 0.05) is 17.5 Å². The van der Waals surface area contributed by atoms with Crippen molar-refractivity contribution in [1.82, 2.24) is 14.9 Å². The number of hydrogen-bond acceptors (Lipinski definition) is 5. The van der Waals surface area contributed by atoms with E-state index in [1.165, 1.54) is 11.8 Å². The zero-order valence-corrected chi connectivity index (χ0v) is 15.4. The van der Waals surface area contributed by atoms with E-state index >= 15 is 0 Å². The highest BCUT2D eigenvalue weighted by molar-refractivity contribution is 8.00. The SMILES string of the molecule is CCn1c(SC(C)C(=O)NC2CC2)nc2sc(C)c(C)c2c1=O. The highest BCUT2D eigenvalue weighted by Gasteiger charge is 2.27. The normalized spacial score (nSPS) is 15.8. The van der Waals surface area contributed by atoms with Crippen LogP contribution in [0, 0.1) is 13.8 Å². The Balaban J connectivity index is 1.96. The Hall–Kier alpha value is -1.34. The monoisotopic (exact) mass is 351 g/mol. The van der Waals surface area contributed by atoms with Crippen molar-refractivity contribution in [2.75, 3.05) is 0 Å². The van der Waals surface area contributed by atoms with Gasteiger partial charge in [0.15, 0.2) is 5.16 Å². The third-order valence-corrected chi connectivity index (χ3v) is 6.34. The third-order valence-electron chi connectivity index (χ3n) is 4.15. The summed E-state index contributed by atoms with van der Waals surface area (Å²) in [5.41, 5.74) is 1.01. The lowest BCUT2D eigenvalue weighted by atomic mass is 10.2. The average molecular weight is 351 g/mol. The van der Waals surface area contributed by atoms with Gasteiger partial charge in [-0.15, -0.1) is 11.3 Å². The molecule has 1 aliphatic rings. The van der Waals surface area contributed by atoms with Gasteiger partial charge in [-0.1, -0.05) is 11.8 Å². The number of carbonyl (C=O) groups is 1. The summed E-state index contributed by atoms with van der Waals surface area (Å²) in [5.74, 6) is 0.0213. The zero-order valence-electron chi connectivity index (χ0n) is 13.8. The predicted octanol–water partition coefficient (Wildman–Crippen LogP) is 2.85. The highest BCUT2D eigenvalue weighted by Crippen LogP contribution is 2.30. The summed E-state index contributed by atoms with van der Waals surface area (Å²) >= 11 is 2.91. The van der Waals surface area contributed by atoms with Crippen LogP contribution in [0.2, 0.25) is 0 Å². The number of nitrogens with zero attached hydrogens (tertiary/aromatic N) is 2. The van der Waals surface area contributed by atoms with Gasteiger partial charge in [0.25, 0.3) is 5.56 Å². The van der Waals surface area contributed by atoms with Gasteiger partial charge >= 0.3 is 0 Å². The van der Waals surface area contributed by atoms with Crippen LogP contribution in [0.5, 0.6) is 0 Å². The molecule has 1 fully saturated rings. The molecule has 0 bridgehead atoms. The summed E-state index contributed by atoms with van der Waals surface area (Å²) in [4.78, 5) is 31.5. The van der Waals surface area contributed by atoms with Gasteiger partial charge < -0.3 is 5.32 Å². The Morgan fingerprint density at radius 3 is 2.78 bits per heavy atom. The second-order valence-corrected chi connectivity index (χ2v) is 8.46. The second-order valence-electron chi connectivity index (χ2n) is 5.95. The average Bonchev–Trinajstić information content (AvgIpc) is 3.25. The lowest BCUT2D eigenvalue weighted by Gasteiger charge is -2.14. The van der Waals surface area contributed by atoms with Crippen LogP contribution in [0.4, 0.5) is 0 Å². The van der Waals surface area contributed by atoms with Crippen LogP contribution in [-0.2, 0) is 11.3 Å². The highest BCUT2D eigenvalue weighted by atomic mass is 32.2. The molecule has 23 heavy (non-hydrogen) atoms. The number of nitrogens with one attached hydrogen (secondary N) is 1. The number of amides is 1. The molecular formula is C16H21N3O2S2. The van der Waals surface area contributed by atoms with E-state index < -0.39 is 0 Å². The van der Waals surface area contributed by atoms with Gasteiger partial charge in [-0.05, 0) is 46.1 Å². The fourth-order valence-corrected chi connectivity index (χ4v) is 4.49. The second kappa shape index (κ2) is 6.28. The maximum atomic E-state index is 12.8. The minimum atomic E-state index is -0.264. The van der Waals surface area contributed by atoms with Gasteiger partial charge in [0.2, 0.25) is 5.91 Å². The molecule has 1 unspecified atom stereocenters. The van der Waals surface area contributed by atoms with Crippen molar-refractivity contribution in [3.05, 3.63) is 20.8 Å². The number of aryl methyl sites for hydroxylation is 2. The molecular weight excluding hydrogens is 330 g/mol. The molecule has 2 aromatic heterocycles. The van der Waals surface area contributed by atoms with E-state index in [1.807, 2.05) is 27.7 Å². The summed E-state index contributed by atoms with van der Waals surface area (Å²) in [6, 6.07) is 0.344. The molecule has 0 spiro atoms. The summed E-state index contributed by atoms with van der Waals surface area (Å²) in [7, 11) is 0. The van der Waals surface area contributed by atoms with Crippen molar-refractivity contribution < 1.29 is 4.79 Å². The van der Waals surface area contributed by atoms with E-state index in [0.717, 1.165) is 28.1 Å². The molecule has 1 saturated carbocycles. The summed E-state index contributed by atoms with van der Waals surface area (Å²) in [5, 5.41) is 4.09. The molecule has 0 aromatic carbocycles. The van der Waals surface area contributed by atoms with E-state index in [-0.39, 0.29) is 16.7 Å². The first kappa shape index (κ1) is 16.5. The van der Waals surface area contributed by atoms with Crippen molar-refractivity contribution >= 4 is 39.2 Å². The Kier molecular flexibility index (Phi) is 4.51. The molecule has 2 heterocycles. The summed E-state index contributed by atoms with van der Waals surface area (Å²) in [6.07, 6.45) is 2.14. The van der Waals surface area contributed by atoms with Gasteiger partial charge in [-0.25, -0.2) is 4.98 Å². The summed E-state index contributed by atoms with van der Waals surface area (Å²) in [6.45, 7) is 8.33. The Morgan fingerprint density at radius 1 is 1.48 bits per heavy atom. The number of thiophene rings is 1. The molecule has 124 valence electrons. The van der Waals surface area contributed by atoms with Crippen molar-refractivity contribution in [2.45, 2.75) is 63.5 Å². The van der Waals surface area contributed by atoms with Crippen LogP contribution in [0.25, 0.3) is 10.2 Å². The van der Waals surface area contributed by atoms with Crippen LogP contribution in [0.3, 0.4) is 0 Å². The molecule has 5 nitrogen and oxygen atoms in total. The lowest BCUT2D eigenvalue weighted by Crippen LogP contribution is -2.33. The van der Waals surface area contributed by atoms with E-state index in [9.17, 15) is 9.59 Å². The van der Waals surface area contributed by atoms with Crippen LogP contribution < -0.4 is 10.9 Å². The van der Waals surface area contributed by atoms with E-state index in [4.69, 9.17) is 0 Å². The minimum absolute atomic E-state index is 0.00310. The van der Waals surface area contributed by atoms with E-state index in [1.54, 1.807) is 15.9 Å². The van der Waals surface area contributed by atoms with Crippen LogP contribution in [0.1, 0.15) is 37.1 Å². The van der Waals surface area contributed by atoms with Gasteiger partial charge in [0.05, 0.1) is 10.6 Å². The molecule has 0 aliphatic heterocycles. The van der Waals surface area contributed by atoms with E-state index in [0.29, 0.717) is 23.1 Å². The quantitative estimate of drug-likeness (QED) is 0.664. The van der Waals surface area contributed by atoms with Crippen molar-refractivity contribution in [2.24, 2.45) is 0 Å². The smallest absolute Gasteiger partial charge is 0.263 e. The largest absolute Gasteiger partial charge is 0.352 e. The van der Waals surface area contributed by atoms with Crippen LogP contribution >= 0.6 is 23.1 Å². The standard InChI is InChI=1S/C16H21N3O2S2/c1-5-19-15(21)12-8(2)9(3)22-14(12)18-16(19)23-10(4)13(20)17-11-6-7-11/h10-11H,5-7H2,1-4H3,(H,17,20). The fourth-order valence-electron chi connectivity index (χ4n) is 2.44. The van der Waals surface area contributed by atoms with Crippen molar-refractivity contribution in [3.63, 3.8) is 0 Å². The molecule has 2 aromatic rings. The number of rotatable bonds is 5. The van der Waals surface area contributed by atoms with Gasteiger partial charge in [-0.3, -0.25) is 14.2 Å². The Bertz CT molecular complexity index is 821. The first-order valence-electron chi connectivity index (χ1n) is 7.90. The Labute approximate surface area is 143 Å². The first-order chi connectivity index (χ1) is 10.9. The molecule has 3 rings (SSSR count). The maximum absolute atomic E-state index is 12.8. The van der Waals surface area contributed by atoms with Gasteiger partial charge in [-0.2, -0.15) is 0 Å². The van der Waals surface area contributed by atoms with Crippen molar-refractivity contribution in [1.29, 1.82) is 0 Å². The van der Waals surface area contributed by atoms with E-state index in [2.05, 4.69) is 10.3 Å². The lowest BCUT2D eigenvalue weighted by molar-refractivity contribution is -0.120. The number of carbonyl (C=O) groups excluding carboxylic acids is 1. The maximum Gasteiger partial charge on any atom is 0.263 e.